The van der Waals surface area contributed by atoms with Crippen LogP contribution in [-0.4, -0.2) is 21.8 Å². The lowest BCUT2D eigenvalue weighted by Gasteiger charge is -2.46. The average molecular weight is 315 g/mol. The fraction of sp³-hybridized carbons (Fsp3) is 0.947. The van der Waals surface area contributed by atoms with Crippen molar-refractivity contribution in [2.75, 3.05) is 0 Å². The maximum Gasteiger partial charge on any atom is 0.336 e. The number of carboxylic acid groups (broad SMARTS) is 1. The Kier molecular flexibility index (Phi) is 10.8. The van der Waals surface area contributed by atoms with Crippen molar-refractivity contribution in [1.82, 2.24) is 0 Å². The van der Waals surface area contributed by atoms with Gasteiger partial charge >= 0.3 is 5.97 Å². The molecular formula is C19H38O3. The number of unbranched alkanes of at least 4 members (excludes halogenated alkanes) is 4. The predicted molar refractivity (Wildman–Crippen MR) is 93.1 cm³/mol. The highest BCUT2D eigenvalue weighted by atomic mass is 16.4. The van der Waals surface area contributed by atoms with Crippen LogP contribution in [0.15, 0.2) is 0 Å². The van der Waals surface area contributed by atoms with Crippen molar-refractivity contribution < 1.29 is 15.0 Å². The van der Waals surface area contributed by atoms with E-state index >= 15 is 0 Å². The highest BCUT2D eigenvalue weighted by Gasteiger charge is 2.53. The second-order valence-electron chi connectivity index (χ2n) is 6.86. The monoisotopic (exact) mass is 314 g/mol. The van der Waals surface area contributed by atoms with E-state index in [0.717, 1.165) is 70.6 Å². The molecule has 132 valence electrons. The number of carboxylic acids is 1. The number of hydrogen-bond donors (Lipinski definition) is 2. The smallest absolute Gasteiger partial charge is 0.336 e. The van der Waals surface area contributed by atoms with Gasteiger partial charge in [-0.1, -0.05) is 79.1 Å². The molecule has 2 N–H and O–H groups in total. The molecule has 0 spiro atoms. The zero-order valence-electron chi connectivity index (χ0n) is 15.3. The van der Waals surface area contributed by atoms with Gasteiger partial charge in [0.15, 0.2) is 5.60 Å². The first-order chi connectivity index (χ1) is 10.4. The van der Waals surface area contributed by atoms with E-state index in [1.807, 2.05) is 6.92 Å². The third-order valence-corrected chi connectivity index (χ3v) is 5.15. The molecule has 0 aromatic rings. The predicted octanol–water partition coefficient (Wildman–Crippen LogP) is 5.55. The third-order valence-electron chi connectivity index (χ3n) is 5.15. The van der Waals surface area contributed by atoms with E-state index in [1.54, 1.807) is 0 Å². The first-order valence-electron chi connectivity index (χ1n) is 9.39. The summed E-state index contributed by atoms with van der Waals surface area (Å²) in [6.45, 7) is 8.46. The maximum atomic E-state index is 12.0. The van der Waals surface area contributed by atoms with Crippen LogP contribution in [0.5, 0.6) is 0 Å². The maximum absolute atomic E-state index is 12.0. The van der Waals surface area contributed by atoms with Gasteiger partial charge in [0.2, 0.25) is 0 Å². The molecule has 1 atom stereocenters. The Morgan fingerprint density at radius 2 is 1.05 bits per heavy atom. The molecule has 0 saturated carbocycles. The van der Waals surface area contributed by atoms with Crippen molar-refractivity contribution in [3.05, 3.63) is 0 Å². The van der Waals surface area contributed by atoms with Gasteiger partial charge in [0, 0.05) is 5.41 Å². The molecule has 0 aliphatic carbocycles. The average Bonchev–Trinajstić information content (AvgIpc) is 2.51. The van der Waals surface area contributed by atoms with E-state index in [0.29, 0.717) is 6.42 Å². The summed E-state index contributed by atoms with van der Waals surface area (Å²) in [5.74, 6) is -1.01. The van der Waals surface area contributed by atoms with Gasteiger partial charge in [-0.15, -0.1) is 0 Å². The second kappa shape index (κ2) is 11.0. The van der Waals surface area contributed by atoms with Gasteiger partial charge in [-0.2, -0.15) is 0 Å². The van der Waals surface area contributed by atoms with Gasteiger partial charge in [0.25, 0.3) is 0 Å². The fourth-order valence-electron chi connectivity index (χ4n) is 3.57. The second-order valence-corrected chi connectivity index (χ2v) is 6.86. The van der Waals surface area contributed by atoms with Crippen LogP contribution in [-0.2, 0) is 4.79 Å². The Morgan fingerprint density at radius 3 is 1.32 bits per heavy atom. The summed E-state index contributed by atoms with van der Waals surface area (Å²) in [6, 6.07) is 0. The fourth-order valence-corrected chi connectivity index (χ4v) is 3.57. The molecule has 0 fully saturated rings. The lowest BCUT2D eigenvalue weighted by atomic mass is 9.61. The molecular weight excluding hydrogens is 276 g/mol. The largest absolute Gasteiger partial charge is 0.479 e. The van der Waals surface area contributed by atoms with Crippen LogP contribution in [0.25, 0.3) is 0 Å². The number of carbonyl (C=O) groups is 1. The van der Waals surface area contributed by atoms with Crippen molar-refractivity contribution in [2.45, 2.75) is 110 Å². The molecule has 0 aromatic carbocycles. The minimum atomic E-state index is -1.57. The van der Waals surface area contributed by atoms with E-state index in [4.69, 9.17) is 0 Å². The zero-order valence-corrected chi connectivity index (χ0v) is 15.3. The van der Waals surface area contributed by atoms with Gasteiger partial charge in [0.05, 0.1) is 0 Å². The molecule has 0 aliphatic heterocycles. The Hall–Kier alpha value is -0.570. The molecule has 3 nitrogen and oxygen atoms in total. The quantitative estimate of drug-likeness (QED) is 0.442. The molecule has 0 heterocycles. The van der Waals surface area contributed by atoms with Gasteiger partial charge in [-0.25, -0.2) is 4.79 Å². The van der Waals surface area contributed by atoms with Crippen LogP contribution in [0, 0.1) is 5.41 Å². The standard InChI is InChI=1S/C19H38O3/c1-5-9-13-18(14-10-6-2,15-11-7-3)19(22,17(20)21)16-12-8-4/h22H,5-16H2,1-4H3,(H,20,21). The normalized spacial score (nSPS) is 14.8. The number of aliphatic hydroxyl groups is 1. The zero-order chi connectivity index (χ0) is 17.1. The van der Waals surface area contributed by atoms with Crippen LogP contribution in [0.2, 0.25) is 0 Å². The van der Waals surface area contributed by atoms with Gasteiger partial charge in [-0.05, 0) is 25.7 Å². The van der Waals surface area contributed by atoms with Crippen molar-refractivity contribution in [1.29, 1.82) is 0 Å². The SMILES string of the molecule is CCCCC(CCCC)(CCCC)C(O)(CCCC)C(=O)O. The summed E-state index contributed by atoms with van der Waals surface area (Å²) in [7, 11) is 0. The van der Waals surface area contributed by atoms with E-state index in [9.17, 15) is 15.0 Å². The molecule has 0 bridgehead atoms. The van der Waals surface area contributed by atoms with Crippen LogP contribution in [0.3, 0.4) is 0 Å². The first kappa shape index (κ1) is 21.4. The van der Waals surface area contributed by atoms with Crippen LogP contribution in [0.4, 0.5) is 0 Å². The third kappa shape index (κ3) is 5.57. The lowest BCUT2D eigenvalue weighted by Crippen LogP contribution is -2.54. The summed E-state index contributed by atoms with van der Waals surface area (Å²) < 4.78 is 0. The van der Waals surface area contributed by atoms with E-state index < -0.39 is 17.0 Å². The summed E-state index contributed by atoms with van der Waals surface area (Å²) >= 11 is 0. The van der Waals surface area contributed by atoms with Crippen LogP contribution < -0.4 is 0 Å². The molecule has 0 aromatic heterocycles. The molecule has 1 unspecified atom stereocenters. The Balaban J connectivity index is 5.60. The summed E-state index contributed by atoms with van der Waals surface area (Å²) in [5.41, 5.74) is -2.03. The van der Waals surface area contributed by atoms with Crippen molar-refractivity contribution in [2.24, 2.45) is 5.41 Å². The molecule has 0 rings (SSSR count). The van der Waals surface area contributed by atoms with Crippen molar-refractivity contribution >= 4 is 5.97 Å². The lowest BCUT2D eigenvalue weighted by molar-refractivity contribution is -0.182. The Labute approximate surface area is 137 Å². The first-order valence-corrected chi connectivity index (χ1v) is 9.39. The molecule has 0 saturated heterocycles. The van der Waals surface area contributed by atoms with E-state index in [2.05, 4.69) is 20.8 Å². The number of hydrogen-bond acceptors (Lipinski definition) is 2. The molecule has 0 aliphatic rings. The number of rotatable bonds is 14. The van der Waals surface area contributed by atoms with E-state index in [-0.39, 0.29) is 0 Å². The van der Waals surface area contributed by atoms with Crippen molar-refractivity contribution in [3.8, 4) is 0 Å². The highest BCUT2D eigenvalue weighted by Crippen LogP contribution is 2.48. The molecule has 0 amide bonds. The minimum Gasteiger partial charge on any atom is -0.479 e. The van der Waals surface area contributed by atoms with Crippen molar-refractivity contribution in [3.63, 3.8) is 0 Å². The molecule has 22 heavy (non-hydrogen) atoms. The minimum absolute atomic E-state index is 0.385. The number of aliphatic carboxylic acids is 1. The Bertz CT molecular complexity index is 279. The van der Waals surface area contributed by atoms with Gasteiger partial charge in [-0.3, -0.25) is 0 Å². The van der Waals surface area contributed by atoms with Gasteiger partial charge < -0.3 is 10.2 Å². The van der Waals surface area contributed by atoms with Crippen LogP contribution in [0.1, 0.15) is 105 Å². The summed E-state index contributed by atoms with van der Waals surface area (Å²) in [4.78, 5) is 12.0. The molecule has 3 heteroatoms. The molecule has 0 radical (unpaired) electrons. The summed E-state index contributed by atoms with van der Waals surface area (Å²) in [5, 5.41) is 21.1. The Morgan fingerprint density at radius 1 is 0.727 bits per heavy atom. The topological polar surface area (TPSA) is 57.5 Å². The summed E-state index contributed by atoms with van der Waals surface area (Å²) in [6.07, 6.45) is 10.7. The van der Waals surface area contributed by atoms with Gasteiger partial charge in [0.1, 0.15) is 0 Å². The van der Waals surface area contributed by atoms with Crippen LogP contribution >= 0.6 is 0 Å². The highest BCUT2D eigenvalue weighted by molar-refractivity contribution is 5.78. The van der Waals surface area contributed by atoms with E-state index in [1.165, 1.54) is 0 Å².